The van der Waals surface area contributed by atoms with Crippen LogP contribution in [0.1, 0.15) is 93.4 Å². The Morgan fingerprint density at radius 3 is 2.36 bits per heavy atom. The van der Waals surface area contributed by atoms with Crippen molar-refractivity contribution in [2.75, 3.05) is 11.9 Å². The van der Waals surface area contributed by atoms with Crippen molar-refractivity contribution < 1.29 is 14.3 Å². The van der Waals surface area contributed by atoms with Crippen LogP contribution < -0.4 is 10.6 Å². The highest BCUT2D eigenvalue weighted by molar-refractivity contribution is 7.17. The molecule has 4 fully saturated rings. The highest BCUT2D eigenvalue weighted by atomic mass is 32.1. The van der Waals surface area contributed by atoms with Crippen LogP contribution in [0.3, 0.4) is 0 Å². The molecule has 1 amide bonds. The molecule has 33 heavy (non-hydrogen) atoms. The SMILES string of the molecule is CCOC(=O)c1c(NC(=O)C(C)NC(C)C23CC4CC(CC(C4)C2)C3)sc2c1CCC(C)C2. The van der Waals surface area contributed by atoms with Crippen LogP contribution in [0.5, 0.6) is 0 Å². The van der Waals surface area contributed by atoms with Crippen molar-refractivity contribution in [1.29, 1.82) is 0 Å². The predicted octanol–water partition coefficient (Wildman–Crippen LogP) is 5.57. The van der Waals surface area contributed by atoms with Crippen LogP contribution in [0.15, 0.2) is 0 Å². The number of anilines is 1. The van der Waals surface area contributed by atoms with Crippen molar-refractivity contribution in [1.82, 2.24) is 5.32 Å². The molecule has 1 aromatic rings. The van der Waals surface area contributed by atoms with E-state index in [4.69, 9.17) is 4.74 Å². The molecule has 6 rings (SSSR count). The summed E-state index contributed by atoms with van der Waals surface area (Å²) >= 11 is 1.57. The number of carbonyl (C=O) groups excluding carboxylic acids is 2. The van der Waals surface area contributed by atoms with E-state index in [1.54, 1.807) is 11.3 Å². The molecule has 5 aliphatic rings. The van der Waals surface area contributed by atoms with Crippen molar-refractivity contribution in [3.8, 4) is 0 Å². The Hall–Kier alpha value is -1.40. The molecule has 5 aliphatic carbocycles. The van der Waals surface area contributed by atoms with Gasteiger partial charge in [-0.1, -0.05) is 6.92 Å². The first-order valence-corrected chi connectivity index (χ1v) is 14.0. The van der Waals surface area contributed by atoms with Gasteiger partial charge in [0.2, 0.25) is 5.91 Å². The maximum Gasteiger partial charge on any atom is 0.341 e. The molecular formula is C27H40N2O3S. The van der Waals surface area contributed by atoms with Gasteiger partial charge < -0.3 is 15.4 Å². The number of amides is 1. The summed E-state index contributed by atoms with van der Waals surface area (Å²) in [5.74, 6) is 2.95. The van der Waals surface area contributed by atoms with Gasteiger partial charge in [-0.2, -0.15) is 0 Å². The summed E-state index contributed by atoms with van der Waals surface area (Å²) < 4.78 is 5.37. The second kappa shape index (κ2) is 8.99. The van der Waals surface area contributed by atoms with E-state index in [1.165, 1.54) is 43.4 Å². The van der Waals surface area contributed by atoms with Crippen molar-refractivity contribution >= 4 is 28.2 Å². The first kappa shape index (κ1) is 23.3. The fourth-order valence-corrected chi connectivity index (χ4v) is 9.22. The average molecular weight is 473 g/mol. The molecule has 1 aromatic heterocycles. The van der Waals surface area contributed by atoms with E-state index in [0.29, 0.717) is 34.5 Å². The fraction of sp³-hybridized carbons (Fsp3) is 0.778. The second-order valence-corrected chi connectivity index (χ2v) is 12.8. The van der Waals surface area contributed by atoms with Crippen molar-refractivity contribution in [3.63, 3.8) is 0 Å². The molecule has 2 N–H and O–H groups in total. The molecule has 3 atom stereocenters. The molecule has 182 valence electrons. The quantitative estimate of drug-likeness (QED) is 0.509. The van der Waals surface area contributed by atoms with Crippen LogP contribution in [-0.4, -0.2) is 30.6 Å². The maximum atomic E-state index is 13.3. The summed E-state index contributed by atoms with van der Waals surface area (Å²) in [6.45, 7) is 8.68. The number of hydrogen-bond acceptors (Lipinski definition) is 5. The van der Waals surface area contributed by atoms with E-state index in [9.17, 15) is 9.59 Å². The highest BCUT2D eigenvalue weighted by Crippen LogP contribution is 2.61. The van der Waals surface area contributed by atoms with Crippen LogP contribution in [0.25, 0.3) is 0 Å². The van der Waals surface area contributed by atoms with Gasteiger partial charge in [-0.3, -0.25) is 4.79 Å². The summed E-state index contributed by atoms with van der Waals surface area (Å²) in [6, 6.07) is 0.0228. The lowest BCUT2D eigenvalue weighted by Gasteiger charge is -2.59. The third-order valence-corrected chi connectivity index (χ3v) is 10.3. The highest BCUT2D eigenvalue weighted by Gasteiger charge is 2.53. The van der Waals surface area contributed by atoms with Gasteiger partial charge in [-0.05, 0) is 113 Å². The van der Waals surface area contributed by atoms with E-state index in [0.717, 1.165) is 42.6 Å². The molecule has 5 nitrogen and oxygen atoms in total. The average Bonchev–Trinajstić information content (AvgIpc) is 3.09. The lowest BCUT2D eigenvalue weighted by Crippen LogP contribution is -2.57. The lowest BCUT2D eigenvalue weighted by atomic mass is 9.48. The standard InChI is InChI=1S/C27H40N2O3S/c1-5-32-26(31)23-21-7-6-15(2)8-22(21)33-25(23)29-24(30)16(3)28-17(4)27-12-18-9-19(13-27)11-20(10-18)14-27/h15-20,28H,5-14H2,1-4H3,(H,29,30). The molecule has 0 saturated heterocycles. The first-order chi connectivity index (χ1) is 15.8. The molecule has 0 spiro atoms. The summed E-state index contributed by atoms with van der Waals surface area (Å²) in [7, 11) is 0. The van der Waals surface area contributed by atoms with Gasteiger partial charge in [-0.15, -0.1) is 11.3 Å². The van der Waals surface area contributed by atoms with Crippen LogP contribution in [0.4, 0.5) is 5.00 Å². The normalized spacial score (nSPS) is 33.9. The minimum Gasteiger partial charge on any atom is -0.462 e. The van der Waals surface area contributed by atoms with Gasteiger partial charge >= 0.3 is 5.97 Å². The minimum absolute atomic E-state index is 0.0521. The number of nitrogens with one attached hydrogen (secondary N) is 2. The van der Waals surface area contributed by atoms with Gasteiger partial charge in [-0.25, -0.2) is 4.79 Å². The molecule has 4 saturated carbocycles. The summed E-state index contributed by atoms with van der Waals surface area (Å²) in [5.41, 5.74) is 2.05. The topological polar surface area (TPSA) is 67.4 Å². The zero-order chi connectivity index (χ0) is 23.3. The zero-order valence-electron chi connectivity index (χ0n) is 20.7. The monoisotopic (exact) mass is 472 g/mol. The summed E-state index contributed by atoms with van der Waals surface area (Å²) in [4.78, 5) is 27.3. The van der Waals surface area contributed by atoms with E-state index in [2.05, 4.69) is 24.5 Å². The number of hydrogen-bond donors (Lipinski definition) is 2. The third-order valence-electron chi connectivity index (χ3n) is 9.13. The number of rotatable bonds is 7. The molecular weight excluding hydrogens is 432 g/mol. The Kier molecular flexibility index (Phi) is 6.36. The van der Waals surface area contributed by atoms with Crippen molar-refractivity contribution in [2.24, 2.45) is 29.1 Å². The predicted molar refractivity (Wildman–Crippen MR) is 133 cm³/mol. The van der Waals surface area contributed by atoms with Gasteiger partial charge in [0.05, 0.1) is 18.2 Å². The minimum atomic E-state index is -0.305. The molecule has 0 aromatic carbocycles. The fourth-order valence-electron chi connectivity index (χ4n) is 7.81. The van der Waals surface area contributed by atoms with E-state index in [-0.39, 0.29) is 17.9 Å². The zero-order valence-corrected chi connectivity index (χ0v) is 21.5. The Morgan fingerprint density at radius 2 is 1.76 bits per heavy atom. The van der Waals surface area contributed by atoms with Gasteiger partial charge in [0.25, 0.3) is 0 Å². The molecule has 0 aliphatic heterocycles. The summed E-state index contributed by atoms with van der Waals surface area (Å²) in [6.07, 6.45) is 11.2. The van der Waals surface area contributed by atoms with Crippen molar-refractivity contribution in [3.05, 3.63) is 16.0 Å². The van der Waals surface area contributed by atoms with Gasteiger partial charge in [0, 0.05) is 10.9 Å². The van der Waals surface area contributed by atoms with Crippen LogP contribution in [0, 0.1) is 29.1 Å². The Morgan fingerprint density at radius 1 is 1.12 bits per heavy atom. The van der Waals surface area contributed by atoms with E-state index < -0.39 is 0 Å². The molecule has 3 unspecified atom stereocenters. The number of thiophene rings is 1. The molecule has 0 radical (unpaired) electrons. The Labute approximate surface area is 202 Å². The first-order valence-electron chi connectivity index (χ1n) is 13.2. The Bertz CT molecular complexity index is 887. The van der Waals surface area contributed by atoms with Gasteiger partial charge in [0.1, 0.15) is 5.00 Å². The smallest absolute Gasteiger partial charge is 0.341 e. The van der Waals surface area contributed by atoms with Gasteiger partial charge in [0.15, 0.2) is 0 Å². The Balaban J connectivity index is 1.29. The molecule has 4 bridgehead atoms. The molecule has 6 heteroatoms. The van der Waals surface area contributed by atoms with E-state index in [1.807, 2.05) is 13.8 Å². The van der Waals surface area contributed by atoms with Crippen LogP contribution in [0.2, 0.25) is 0 Å². The number of esters is 1. The van der Waals surface area contributed by atoms with Crippen LogP contribution >= 0.6 is 11.3 Å². The van der Waals surface area contributed by atoms with E-state index >= 15 is 0 Å². The number of carbonyl (C=O) groups is 2. The van der Waals surface area contributed by atoms with Crippen LogP contribution in [-0.2, 0) is 22.4 Å². The number of ether oxygens (including phenoxy) is 1. The summed E-state index contributed by atoms with van der Waals surface area (Å²) in [5, 5.41) is 7.47. The maximum absolute atomic E-state index is 13.3. The third kappa shape index (κ3) is 4.38. The largest absolute Gasteiger partial charge is 0.462 e. The second-order valence-electron chi connectivity index (χ2n) is 11.7. The lowest BCUT2D eigenvalue weighted by molar-refractivity contribution is -0.119. The molecule has 1 heterocycles. The van der Waals surface area contributed by atoms with Crippen molar-refractivity contribution in [2.45, 2.75) is 97.6 Å². The number of fused-ring (bicyclic) bond motifs is 1.